The zero-order valence-corrected chi connectivity index (χ0v) is 13.9. The molecule has 2 aromatic rings. The van der Waals surface area contributed by atoms with Crippen molar-refractivity contribution >= 4 is 11.9 Å². The van der Waals surface area contributed by atoms with Gasteiger partial charge in [0.15, 0.2) is 0 Å². The number of rotatable bonds is 4. The maximum atomic E-state index is 13.3. The van der Waals surface area contributed by atoms with Crippen molar-refractivity contribution in [1.29, 1.82) is 0 Å². The second-order valence-corrected chi connectivity index (χ2v) is 5.67. The van der Waals surface area contributed by atoms with Gasteiger partial charge in [0, 0.05) is 5.56 Å². The summed E-state index contributed by atoms with van der Waals surface area (Å²) in [7, 11) is 1.22. The molecule has 2 rings (SSSR count). The smallest absolute Gasteiger partial charge is 0.340 e. The highest BCUT2D eigenvalue weighted by molar-refractivity contribution is 6.06. The van der Waals surface area contributed by atoms with E-state index >= 15 is 0 Å². The lowest BCUT2D eigenvalue weighted by Crippen LogP contribution is -2.17. The number of carboxylic acids is 1. The van der Waals surface area contributed by atoms with Gasteiger partial charge in [0.05, 0.1) is 29.6 Å². The number of halogens is 1. The minimum atomic E-state index is -1.20. The van der Waals surface area contributed by atoms with Crippen LogP contribution in [0.1, 0.15) is 51.9 Å². The molecular weight excluding hydrogens is 313 g/mol. The number of nitrogens with zero attached hydrogens (tertiary/aromatic N) is 1. The summed E-state index contributed by atoms with van der Waals surface area (Å²) in [6, 6.07) is 5.31. The normalized spacial score (nSPS) is 10.8. The first-order valence-electron chi connectivity index (χ1n) is 7.40. The van der Waals surface area contributed by atoms with Crippen LogP contribution in [0, 0.1) is 12.7 Å². The van der Waals surface area contributed by atoms with Gasteiger partial charge in [-0.1, -0.05) is 26.0 Å². The number of methoxy groups -OCH3 is 1. The molecule has 0 aliphatic carbocycles. The first kappa shape index (κ1) is 17.6. The summed E-state index contributed by atoms with van der Waals surface area (Å²) in [5.74, 6) is -2.50. The molecular formula is C18H18FNO4. The Balaban J connectivity index is 2.96. The lowest BCUT2D eigenvalue weighted by molar-refractivity contribution is 0.0600. The zero-order chi connectivity index (χ0) is 18.0. The van der Waals surface area contributed by atoms with Crippen LogP contribution in [-0.4, -0.2) is 29.1 Å². The van der Waals surface area contributed by atoms with Crippen molar-refractivity contribution in [2.75, 3.05) is 7.11 Å². The van der Waals surface area contributed by atoms with E-state index in [-0.39, 0.29) is 22.6 Å². The Morgan fingerprint density at radius 3 is 2.21 bits per heavy atom. The van der Waals surface area contributed by atoms with Crippen molar-refractivity contribution in [3.63, 3.8) is 0 Å². The Hall–Kier alpha value is -2.76. The molecule has 6 heteroatoms. The highest BCUT2D eigenvalue weighted by Crippen LogP contribution is 2.34. The summed E-state index contributed by atoms with van der Waals surface area (Å²) in [5.41, 5.74) is 1.36. The summed E-state index contributed by atoms with van der Waals surface area (Å²) >= 11 is 0. The number of benzene rings is 1. The number of hydrogen-bond acceptors (Lipinski definition) is 4. The fraction of sp³-hybridized carbons (Fsp3) is 0.278. The standard InChI is InChI=1S/C18H18FNO4/c1-9(2)16-15(17(21)22)14(11-5-7-12(19)8-6-11)13(10(3)20-16)18(23)24-4/h5-9H,1-4H3,(H,21,22). The minimum Gasteiger partial charge on any atom is -0.478 e. The van der Waals surface area contributed by atoms with Crippen LogP contribution < -0.4 is 0 Å². The largest absolute Gasteiger partial charge is 0.478 e. The van der Waals surface area contributed by atoms with Crippen LogP contribution in [0.3, 0.4) is 0 Å². The van der Waals surface area contributed by atoms with Crippen LogP contribution >= 0.6 is 0 Å². The predicted octanol–water partition coefficient (Wildman–Crippen LogP) is 3.80. The van der Waals surface area contributed by atoms with Crippen LogP contribution in [0.2, 0.25) is 0 Å². The summed E-state index contributed by atoms with van der Waals surface area (Å²) in [6.45, 7) is 5.26. The van der Waals surface area contributed by atoms with E-state index in [1.807, 2.05) is 13.8 Å². The maximum Gasteiger partial charge on any atom is 0.340 e. The van der Waals surface area contributed by atoms with Gasteiger partial charge in [0.1, 0.15) is 5.82 Å². The molecule has 0 saturated carbocycles. The third-order valence-corrected chi connectivity index (χ3v) is 3.69. The van der Waals surface area contributed by atoms with E-state index in [0.717, 1.165) is 0 Å². The molecule has 0 saturated heterocycles. The van der Waals surface area contributed by atoms with Crippen LogP contribution in [0.15, 0.2) is 24.3 Å². The lowest BCUT2D eigenvalue weighted by atomic mass is 9.89. The van der Waals surface area contributed by atoms with Crippen molar-refractivity contribution in [3.8, 4) is 11.1 Å². The van der Waals surface area contributed by atoms with Crippen molar-refractivity contribution in [1.82, 2.24) is 4.98 Å². The van der Waals surface area contributed by atoms with E-state index in [9.17, 15) is 19.1 Å². The lowest BCUT2D eigenvalue weighted by Gasteiger charge is -2.19. The van der Waals surface area contributed by atoms with E-state index in [2.05, 4.69) is 4.98 Å². The summed E-state index contributed by atoms with van der Waals surface area (Å²) in [6.07, 6.45) is 0. The Labute approximate surface area is 139 Å². The molecule has 0 aliphatic heterocycles. The monoisotopic (exact) mass is 331 g/mol. The molecule has 1 N–H and O–H groups in total. The number of aromatic nitrogens is 1. The number of carbonyl (C=O) groups is 2. The molecule has 0 bridgehead atoms. The Bertz CT molecular complexity index is 798. The molecule has 0 aliphatic rings. The molecule has 126 valence electrons. The zero-order valence-electron chi connectivity index (χ0n) is 13.9. The fourth-order valence-corrected chi connectivity index (χ4v) is 2.62. The molecule has 0 radical (unpaired) electrons. The Kier molecular flexibility index (Phi) is 4.97. The number of pyridine rings is 1. The first-order chi connectivity index (χ1) is 11.3. The van der Waals surface area contributed by atoms with Crippen LogP contribution in [0.25, 0.3) is 11.1 Å². The van der Waals surface area contributed by atoms with Crippen molar-refractivity contribution in [2.45, 2.75) is 26.7 Å². The molecule has 5 nitrogen and oxygen atoms in total. The SMILES string of the molecule is COC(=O)c1c(C)nc(C(C)C)c(C(=O)O)c1-c1ccc(F)cc1. The predicted molar refractivity (Wildman–Crippen MR) is 86.8 cm³/mol. The number of hydrogen-bond donors (Lipinski definition) is 1. The molecule has 24 heavy (non-hydrogen) atoms. The van der Waals surface area contributed by atoms with Crippen molar-refractivity contribution in [2.24, 2.45) is 0 Å². The Morgan fingerprint density at radius 2 is 1.75 bits per heavy atom. The molecule has 0 fully saturated rings. The number of carboxylic acid groups (broad SMARTS) is 1. The average molecular weight is 331 g/mol. The quantitative estimate of drug-likeness (QED) is 0.862. The van der Waals surface area contributed by atoms with E-state index in [4.69, 9.17) is 4.74 Å². The second kappa shape index (κ2) is 6.78. The summed E-state index contributed by atoms with van der Waals surface area (Å²) in [5, 5.41) is 9.71. The molecule has 0 amide bonds. The van der Waals surface area contributed by atoms with E-state index in [0.29, 0.717) is 17.0 Å². The number of ether oxygens (including phenoxy) is 1. The maximum absolute atomic E-state index is 13.3. The molecule has 1 heterocycles. The van der Waals surface area contributed by atoms with Crippen LogP contribution in [-0.2, 0) is 4.74 Å². The molecule has 0 spiro atoms. The average Bonchev–Trinajstić information content (AvgIpc) is 2.53. The van der Waals surface area contributed by atoms with E-state index < -0.39 is 17.8 Å². The minimum absolute atomic E-state index is 0.0670. The van der Waals surface area contributed by atoms with Gasteiger partial charge in [0.25, 0.3) is 0 Å². The van der Waals surface area contributed by atoms with Crippen molar-refractivity contribution in [3.05, 3.63) is 52.6 Å². The van der Waals surface area contributed by atoms with Gasteiger partial charge in [-0.15, -0.1) is 0 Å². The van der Waals surface area contributed by atoms with Gasteiger partial charge >= 0.3 is 11.9 Å². The number of aromatic carboxylic acids is 1. The third-order valence-electron chi connectivity index (χ3n) is 3.69. The van der Waals surface area contributed by atoms with Gasteiger partial charge in [-0.3, -0.25) is 4.98 Å². The van der Waals surface area contributed by atoms with Crippen LogP contribution in [0.5, 0.6) is 0 Å². The molecule has 0 atom stereocenters. The summed E-state index contributed by atoms with van der Waals surface area (Å²) < 4.78 is 18.0. The Morgan fingerprint density at radius 1 is 1.17 bits per heavy atom. The van der Waals surface area contributed by atoms with Gasteiger partial charge in [-0.2, -0.15) is 0 Å². The molecule has 0 unspecified atom stereocenters. The van der Waals surface area contributed by atoms with E-state index in [1.54, 1.807) is 6.92 Å². The highest BCUT2D eigenvalue weighted by atomic mass is 19.1. The van der Waals surface area contributed by atoms with Gasteiger partial charge in [0.2, 0.25) is 0 Å². The van der Waals surface area contributed by atoms with Gasteiger partial charge in [-0.05, 0) is 30.5 Å². The molecule has 1 aromatic heterocycles. The molecule has 1 aromatic carbocycles. The third kappa shape index (κ3) is 3.13. The summed E-state index contributed by atoms with van der Waals surface area (Å²) in [4.78, 5) is 28.4. The fourth-order valence-electron chi connectivity index (χ4n) is 2.62. The van der Waals surface area contributed by atoms with Gasteiger partial charge < -0.3 is 9.84 Å². The second-order valence-electron chi connectivity index (χ2n) is 5.67. The highest BCUT2D eigenvalue weighted by Gasteiger charge is 2.28. The van der Waals surface area contributed by atoms with Crippen LogP contribution in [0.4, 0.5) is 4.39 Å². The number of carbonyl (C=O) groups excluding carboxylic acids is 1. The topological polar surface area (TPSA) is 76.5 Å². The number of esters is 1. The van der Waals surface area contributed by atoms with E-state index in [1.165, 1.54) is 31.4 Å². The first-order valence-corrected chi connectivity index (χ1v) is 7.40. The van der Waals surface area contributed by atoms with Crippen molar-refractivity contribution < 1.29 is 23.8 Å². The van der Waals surface area contributed by atoms with Gasteiger partial charge in [-0.25, -0.2) is 14.0 Å². The number of aryl methyl sites for hydroxylation is 1.